The summed E-state index contributed by atoms with van der Waals surface area (Å²) in [5, 5.41) is 0. The summed E-state index contributed by atoms with van der Waals surface area (Å²) in [4.78, 5) is 31.3. The minimum Gasteiger partial charge on any atom is -0.465 e. The van der Waals surface area contributed by atoms with Crippen molar-refractivity contribution >= 4 is 17.6 Å². The van der Waals surface area contributed by atoms with Crippen LogP contribution in [0.15, 0.2) is 24.3 Å². The van der Waals surface area contributed by atoms with Gasteiger partial charge in [-0.05, 0) is 65.8 Å². The maximum atomic E-state index is 13.1. The van der Waals surface area contributed by atoms with Gasteiger partial charge >= 0.3 is 5.97 Å². The molecule has 6 heteroatoms. The number of anilines is 1. The molecule has 2 rings (SSSR count). The van der Waals surface area contributed by atoms with Crippen LogP contribution >= 0.6 is 0 Å². The molecule has 0 bridgehead atoms. The van der Waals surface area contributed by atoms with E-state index in [4.69, 9.17) is 4.74 Å². The Morgan fingerprint density at radius 3 is 2.07 bits per heavy atom. The molecule has 1 amide bonds. The fourth-order valence-electron chi connectivity index (χ4n) is 4.17. The third kappa shape index (κ3) is 4.85. The zero-order valence-corrected chi connectivity index (χ0v) is 18.3. The van der Waals surface area contributed by atoms with Crippen molar-refractivity contribution in [3.8, 4) is 0 Å². The minimum atomic E-state index is -0.322. The van der Waals surface area contributed by atoms with E-state index in [9.17, 15) is 9.59 Å². The second-order valence-electron chi connectivity index (χ2n) is 8.18. The van der Waals surface area contributed by atoms with Crippen molar-refractivity contribution in [3.63, 3.8) is 0 Å². The van der Waals surface area contributed by atoms with Gasteiger partial charge < -0.3 is 14.5 Å². The van der Waals surface area contributed by atoms with E-state index in [1.807, 2.05) is 24.0 Å². The van der Waals surface area contributed by atoms with Gasteiger partial charge in [0, 0.05) is 43.4 Å². The molecule has 0 radical (unpaired) electrons. The first-order valence-corrected chi connectivity index (χ1v) is 10.2. The van der Waals surface area contributed by atoms with Crippen molar-refractivity contribution < 1.29 is 14.3 Å². The lowest BCUT2D eigenvalue weighted by Gasteiger charge is -2.45. The first-order chi connectivity index (χ1) is 13.2. The maximum Gasteiger partial charge on any atom is 0.337 e. The van der Waals surface area contributed by atoms with Crippen molar-refractivity contribution in [2.24, 2.45) is 0 Å². The third-order valence-electron chi connectivity index (χ3n) is 5.55. The largest absolute Gasteiger partial charge is 0.465 e. The van der Waals surface area contributed by atoms with Crippen molar-refractivity contribution in [1.82, 2.24) is 9.80 Å². The highest BCUT2D eigenvalue weighted by molar-refractivity contribution is 5.89. The molecule has 0 spiro atoms. The minimum absolute atomic E-state index is 0.136. The second kappa shape index (κ2) is 9.41. The van der Waals surface area contributed by atoms with Gasteiger partial charge in [0.25, 0.3) is 0 Å². The molecule has 1 saturated heterocycles. The summed E-state index contributed by atoms with van der Waals surface area (Å²) in [6, 6.07) is 8.03. The molecule has 0 aliphatic carbocycles. The zero-order valence-electron chi connectivity index (χ0n) is 18.3. The summed E-state index contributed by atoms with van der Waals surface area (Å²) in [7, 11) is 1.39. The van der Waals surface area contributed by atoms with Gasteiger partial charge in [-0.1, -0.05) is 0 Å². The number of hydrogen-bond donors (Lipinski definition) is 0. The Morgan fingerprint density at radius 2 is 1.61 bits per heavy atom. The van der Waals surface area contributed by atoms with Gasteiger partial charge in [-0.3, -0.25) is 9.69 Å². The van der Waals surface area contributed by atoms with E-state index in [0.717, 1.165) is 25.3 Å². The molecule has 1 fully saturated rings. The highest BCUT2D eigenvalue weighted by atomic mass is 16.5. The number of carbonyl (C=O) groups is 2. The number of methoxy groups -OCH3 is 1. The Kier molecular flexibility index (Phi) is 7.47. The van der Waals surface area contributed by atoms with Crippen LogP contribution in [0.5, 0.6) is 0 Å². The van der Waals surface area contributed by atoms with E-state index < -0.39 is 0 Å². The van der Waals surface area contributed by atoms with Crippen molar-refractivity contribution in [2.45, 2.75) is 65.7 Å². The lowest BCUT2D eigenvalue weighted by atomic mass is 10.1. The standard InChI is InChI=1S/C22H35N3O3/c1-15(2)25(16(3)4)21(26)18(6)24-13-12-23(14-17(24)5)20-10-8-19(9-11-20)22(27)28-7/h8-11,15-18H,12-14H2,1-7H3. The molecule has 0 aromatic heterocycles. The van der Waals surface area contributed by atoms with E-state index in [-0.39, 0.29) is 36.0 Å². The molecule has 1 aliphatic heterocycles. The monoisotopic (exact) mass is 389 g/mol. The van der Waals surface area contributed by atoms with Crippen LogP contribution in [-0.4, -0.2) is 72.6 Å². The fourth-order valence-corrected chi connectivity index (χ4v) is 4.17. The normalized spacial score (nSPS) is 19.0. The number of ether oxygens (including phenoxy) is 1. The molecule has 1 heterocycles. The summed E-state index contributed by atoms with van der Waals surface area (Å²) in [6.45, 7) is 15.0. The van der Waals surface area contributed by atoms with Crippen LogP contribution in [0, 0.1) is 0 Å². The van der Waals surface area contributed by atoms with E-state index in [0.29, 0.717) is 5.56 Å². The topological polar surface area (TPSA) is 53.1 Å². The average molecular weight is 390 g/mol. The molecule has 6 nitrogen and oxygen atoms in total. The highest BCUT2D eigenvalue weighted by Crippen LogP contribution is 2.22. The number of benzene rings is 1. The van der Waals surface area contributed by atoms with Gasteiger partial charge in [0.2, 0.25) is 5.91 Å². The third-order valence-corrected chi connectivity index (χ3v) is 5.55. The molecule has 0 N–H and O–H groups in total. The van der Waals surface area contributed by atoms with Crippen LogP contribution in [0.1, 0.15) is 51.9 Å². The Hall–Kier alpha value is -2.08. The van der Waals surface area contributed by atoms with Gasteiger partial charge in [-0.15, -0.1) is 0 Å². The molecular weight excluding hydrogens is 354 g/mol. The molecule has 1 aromatic rings. The smallest absolute Gasteiger partial charge is 0.337 e. The van der Waals surface area contributed by atoms with Gasteiger partial charge in [-0.25, -0.2) is 4.79 Å². The van der Waals surface area contributed by atoms with E-state index in [1.165, 1.54) is 7.11 Å². The van der Waals surface area contributed by atoms with Gasteiger partial charge in [0.1, 0.15) is 0 Å². The number of nitrogens with zero attached hydrogens (tertiary/aromatic N) is 3. The van der Waals surface area contributed by atoms with E-state index >= 15 is 0 Å². The zero-order chi connectivity index (χ0) is 21.0. The number of amides is 1. The Bertz CT molecular complexity index is 664. The lowest BCUT2D eigenvalue weighted by Crippen LogP contribution is -2.60. The van der Waals surface area contributed by atoms with Gasteiger partial charge in [0.05, 0.1) is 18.7 Å². The number of hydrogen-bond acceptors (Lipinski definition) is 5. The number of esters is 1. The SMILES string of the molecule is COC(=O)c1ccc(N2CCN(C(C)C(=O)N(C(C)C)C(C)C)C(C)C2)cc1. The first-order valence-electron chi connectivity index (χ1n) is 10.2. The molecule has 28 heavy (non-hydrogen) atoms. The van der Waals surface area contributed by atoms with Crippen LogP contribution in [0.3, 0.4) is 0 Å². The number of rotatable bonds is 6. The van der Waals surface area contributed by atoms with Crippen LogP contribution in [-0.2, 0) is 9.53 Å². The predicted octanol–water partition coefficient (Wildman–Crippen LogP) is 3.02. The average Bonchev–Trinajstić information content (AvgIpc) is 2.66. The van der Waals surface area contributed by atoms with Crippen molar-refractivity contribution in [3.05, 3.63) is 29.8 Å². The van der Waals surface area contributed by atoms with E-state index in [2.05, 4.69) is 44.4 Å². The van der Waals surface area contributed by atoms with Crippen LogP contribution in [0.25, 0.3) is 0 Å². The summed E-state index contributed by atoms with van der Waals surface area (Å²) in [6.07, 6.45) is 0. The quantitative estimate of drug-likeness (QED) is 0.700. The Labute approximate surface area is 169 Å². The van der Waals surface area contributed by atoms with Crippen LogP contribution < -0.4 is 4.90 Å². The number of piperazine rings is 1. The molecular formula is C22H35N3O3. The fraction of sp³-hybridized carbons (Fsp3) is 0.636. The maximum absolute atomic E-state index is 13.1. The summed E-state index contributed by atoms with van der Waals surface area (Å²) >= 11 is 0. The molecule has 0 saturated carbocycles. The highest BCUT2D eigenvalue weighted by Gasteiger charge is 2.34. The summed E-state index contributed by atoms with van der Waals surface area (Å²) in [5.74, 6) is -0.121. The van der Waals surface area contributed by atoms with Crippen molar-refractivity contribution in [1.29, 1.82) is 0 Å². The molecule has 2 atom stereocenters. The molecule has 1 aromatic carbocycles. The number of carbonyl (C=O) groups excluding carboxylic acids is 2. The predicted molar refractivity (Wildman–Crippen MR) is 113 cm³/mol. The van der Waals surface area contributed by atoms with Gasteiger partial charge in [-0.2, -0.15) is 0 Å². The summed E-state index contributed by atoms with van der Waals surface area (Å²) in [5.41, 5.74) is 1.64. The Balaban J connectivity index is 2.04. The first kappa shape index (κ1) is 22.2. The van der Waals surface area contributed by atoms with Crippen molar-refractivity contribution in [2.75, 3.05) is 31.6 Å². The molecule has 2 unspecified atom stereocenters. The second-order valence-corrected chi connectivity index (χ2v) is 8.18. The molecule has 156 valence electrons. The molecule has 1 aliphatic rings. The van der Waals surface area contributed by atoms with Crippen LogP contribution in [0.2, 0.25) is 0 Å². The van der Waals surface area contributed by atoms with Crippen LogP contribution in [0.4, 0.5) is 5.69 Å². The summed E-state index contributed by atoms with van der Waals surface area (Å²) < 4.78 is 4.76. The van der Waals surface area contributed by atoms with E-state index in [1.54, 1.807) is 12.1 Å². The van der Waals surface area contributed by atoms with Gasteiger partial charge in [0.15, 0.2) is 0 Å². The lowest BCUT2D eigenvalue weighted by molar-refractivity contribution is -0.141. The Morgan fingerprint density at radius 1 is 1.04 bits per heavy atom.